The van der Waals surface area contributed by atoms with Crippen molar-refractivity contribution >= 4 is 17.8 Å². The van der Waals surface area contributed by atoms with Gasteiger partial charge in [-0.3, -0.25) is 9.59 Å². The zero-order chi connectivity index (χ0) is 16.5. The first-order valence-corrected chi connectivity index (χ1v) is 6.94. The molecule has 22 heavy (non-hydrogen) atoms. The summed E-state index contributed by atoms with van der Waals surface area (Å²) in [4.78, 5) is 35.9. The van der Waals surface area contributed by atoms with Crippen molar-refractivity contribution in [2.75, 3.05) is 26.3 Å². The van der Waals surface area contributed by atoms with Crippen LogP contribution >= 0.6 is 0 Å². The first-order valence-electron chi connectivity index (χ1n) is 6.94. The number of likely N-dealkylation sites (N-methyl/N-ethyl adjacent to an activating group) is 1. The van der Waals surface area contributed by atoms with Crippen LogP contribution in [0.4, 0.5) is 0 Å². The van der Waals surface area contributed by atoms with Crippen molar-refractivity contribution in [2.45, 2.75) is 13.8 Å². The van der Waals surface area contributed by atoms with Crippen LogP contribution in [0.15, 0.2) is 24.3 Å². The van der Waals surface area contributed by atoms with Gasteiger partial charge in [0.15, 0.2) is 13.2 Å². The predicted octanol–water partition coefficient (Wildman–Crippen LogP) is 0.576. The molecule has 2 amide bonds. The lowest BCUT2D eigenvalue weighted by Gasteiger charge is -2.18. The summed E-state index contributed by atoms with van der Waals surface area (Å²) in [6.07, 6.45) is 0. The van der Waals surface area contributed by atoms with Crippen molar-refractivity contribution in [1.82, 2.24) is 4.90 Å². The number of nitrogens with zero attached hydrogens (tertiary/aromatic N) is 1. The van der Waals surface area contributed by atoms with Crippen LogP contribution in [-0.4, -0.2) is 49.0 Å². The maximum absolute atomic E-state index is 11.9. The fourth-order valence-electron chi connectivity index (χ4n) is 1.75. The molecule has 0 fully saturated rings. The summed E-state index contributed by atoms with van der Waals surface area (Å²) in [5.41, 5.74) is 5.21. The van der Waals surface area contributed by atoms with E-state index in [4.69, 9.17) is 15.2 Å². The maximum Gasteiger partial charge on any atom is 0.338 e. The van der Waals surface area contributed by atoms with E-state index in [1.165, 1.54) is 12.1 Å². The Kier molecular flexibility index (Phi) is 6.88. The lowest BCUT2D eigenvalue weighted by molar-refractivity contribution is -0.134. The Morgan fingerprint density at radius 1 is 1.14 bits per heavy atom. The summed E-state index contributed by atoms with van der Waals surface area (Å²) in [5, 5.41) is 0. The molecular formula is C15H20N2O5. The lowest BCUT2D eigenvalue weighted by atomic mass is 10.2. The van der Waals surface area contributed by atoms with E-state index in [9.17, 15) is 14.4 Å². The number of carbonyl (C=O) groups excluding carboxylic acids is 3. The Balaban J connectivity index is 2.60. The number of rotatable bonds is 8. The number of carbonyl (C=O) groups is 3. The highest BCUT2D eigenvalue weighted by Gasteiger charge is 2.14. The second-order valence-electron chi connectivity index (χ2n) is 4.42. The van der Waals surface area contributed by atoms with Crippen molar-refractivity contribution in [3.05, 3.63) is 29.8 Å². The number of ether oxygens (including phenoxy) is 2. The summed E-state index contributed by atoms with van der Waals surface area (Å²) in [7, 11) is 0. The van der Waals surface area contributed by atoms with Crippen molar-refractivity contribution in [1.29, 1.82) is 0 Å². The molecule has 7 heteroatoms. The zero-order valence-electron chi connectivity index (χ0n) is 12.7. The molecule has 0 aliphatic heterocycles. The average molecular weight is 308 g/mol. The molecule has 0 heterocycles. The predicted molar refractivity (Wildman–Crippen MR) is 79.3 cm³/mol. The zero-order valence-corrected chi connectivity index (χ0v) is 12.7. The number of benzene rings is 1. The number of hydrogen-bond acceptors (Lipinski definition) is 5. The van der Waals surface area contributed by atoms with Gasteiger partial charge in [-0.05, 0) is 32.0 Å². The molecule has 120 valence electrons. The molecule has 2 N–H and O–H groups in total. The Bertz CT molecular complexity index is 540. The second-order valence-corrected chi connectivity index (χ2v) is 4.42. The third kappa shape index (κ3) is 5.43. The minimum Gasteiger partial charge on any atom is -0.484 e. The molecule has 0 unspecified atom stereocenters. The topological polar surface area (TPSA) is 98.9 Å². The molecule has 0 saturated heterocycles. The summed E-state index contributed by atoms with van der Waals surface area (Å²) in [6.45, 7) is 4.23. The van der Waals surface area contributed by atoms with Crippen LogP contribution in [0.5, 0.6) is 5.75 Å². The Hall–Kier alpha value is -2.57. The van der Waals surface area contributed by atoms with Crippen LogP contribution in [0.1, 0.15) is 24.2 Å². The molecule has 1 aromatic rings. The fourth-order valence-corrected chi connectivity index (χ4v) is 1.75. The molecule has 0 aromatic heterocycles. The normalized spacial score (nSPS) is 9.91. The van der Waals surface area contributed by atoms with Crippen LogP contribution in [0.3, 0.4) is 0 Å². The Morgan fingerprint density at radius 2 is 1.82 bits per heavy atom. The summed E-state index contributed by atoms with van der Waals surface area (Å²) in [5.74, 6) is -1.18. The van der Waals surface area contributed by atoms with Gasteiger partial charge in [0.05, 0.1) is 5.56 Å². The van der Waals surface area contributed by atoms with Crippen LogP contribution in [0.2, 0.25) is 0 Å². The van der Waals surface area contributed by atoms with Gasteiger partial charge >= 0.3 is 5.97 Å². The summed E-state index contributed by atoms with van der Waals surface area (Å²) in [6, 6.07) is 6.12. The SMILES string of the molecule is CCN(CC)C(=O)COC(=O)c1cccc(OCC(N)=O)c1. The monoisotopic (exact) mass is 308 g/mol. The smallest absolute Gasteiger partial charge is 0.338 e. The first kappa shape index (κ1) is 17.5. The van der Waals surface area contributed by atoms with Crippen LogP contribution in [0, 0.1) is 0 Å². The third-order valence-corrected chi connectivity index (χ3v) is 2.89. The van der Waals surface area contributed by atoms with Crippen molar-refractivity contribution in [2.24, 2.45) is 5.73 Å². The largest absolute Gasteiger partial charge is 0.484 e. The minimum atomic E-state index is -0.634. The minimum absolute atomic E-state index is 0.231. The number of nitrogens with two attached hydrogens (primary N) is 1. The van der Waals surface area contributed by atoms with Gasteiger partial charge < -0.3 is 20.1 Å². The van der Waals surface area contributed by atoms with E-state index in [2.05, 4.69) is 0 Å². The fraction of sp³-hybridized carbons (Fsp3) is 0.400. The molecule has 0 saturated carbocycles. The number of hydrogen-bond donors (Lipinski definition) is 1. The molecule has 1 rings (SSSR count). The molecule has 0 radical (unpaired) electrons. The maximum atomic E-state index is 11.9. The Morgan fingerprint density at radius 3 is 2.41 bits per heavy atom. The number of amides is 2. The molecule has 0 bridgehead atoms. The highest BCUT2D eigenvalue weighted by Crippen LogP contribution is 2.14. The Labute approximate surface area is 129 Å². The van der Waals surface area contributed by atoms with E-state index in [0.717, 1.165) is 0 Å². The van der Waals surface area contributed by atoms with Gasteiger partial charge in [-0.1, -0.05) is 6.07 Å². The van der Waals surface area contributed by atoms with Crippen molar-refractivity contribution in [3.8, 4) is 5.75 Å². The van der Waals surface area contributed by atoms with Crippen molar-refractivity contribution < 1.29 is 23.9 Å². The van der Waals surface area contributed by atoms with Crippen molar-refractivity contribution in [3.63, 3.8) is 0 Å². The lowest BCUT2D eigenvalue weighted by Crippen LogP contribution is -2.34. The summed E-state index contributed by atoms with van der Waals surface area (Å²) < 4.78 is 10.1. The van der Waals surface area contributed by atoms with Gasteiger partial charge in [0.1, 0.15) is 5.75 Å². The first-order chi connectivity index (χ1) is 10.5. The second kappa shape index (κ2) is 8.66. The molecule has 0 aliphatic carbocycles. The quantitative estimate of drug-likeness (QED) is 0.708. The van der Waals surface area contributed by atoms with Gasteiger partial charge in [0, 0.05) is 13.1 Å². The van der Waals surface area contributed by atoms with E-state index >= 15 is 0 Å². The molecule has 0 aliphatic rings. The van der Waals surface area contributed by atoms with Gasteiger partial charge in [-0.25, -0.2) is 4.79 Å². The van der Waals surface area contributed by atoms with Gasteiger partial charge in [0.25, 0.3) is 11.8 Å². The van der Waals surface area contributed by atoms with E-state index in [0.29, 0.717) is 18.8 Å². The molecule has 7 nitrogen and oxygen atoms in total. The molecular weight excluding hydrogens is 288 g/mol. The van der Waals surface area contributed by atoms with E-state index in [-0.39, 0.29) is 24.7 Å². The molecule has 1 aromatic carbocycles. The third-order valence-electron chi connectivity index (χ3n) is 2.89. The number of primary amides is 1. The van der Waals surface area contributed by atoms with E-state index < -0.39 is 11.9 Å². The van der Waals surface area contributed by atoms with E-state index in [1.807, 2.05) is 13.8 Å². The van der Waals surface area contributed by atoms with Gasteiger partial charge in [-0.15, -0.1) is 0 Å². The summed E-state index contributed by atoms with van der Waals surface area (Å²) >= 11 is 0. The molecule has 0 atom stereocenters. The van der Waals surface area contributed by atoms with Crippen LogP contribution in [0.25, 0.3) is 0 Å². The highest BCUT2D eigenvalue weighted by atomic mass is 16.5. The highest BCUT2D eigenvalue weighted by molar-refractivity contribution is 5.91. The standard InChI is InChI=1S/C15H20N2O5/c1-3-17(4-2)14(19)10-22-15(20)11-6-5-7-12(8-11)21-9-13(16)18/h5-8H,3-4,9-10H2,1-2H3,(H2,16,18). The number of esters is 1. The average Bonchev–Trinajstić information content (AvgIpc) is 2.52. The van der Waals surface area contributed by atoms with Crippen LogP contribution < -0.4 is 10.5 Å². The van der Waals surface area contributed by atoms with Gasteiger partial charge in [0.2, 0.25) is 0 Å². The van der Waals surface area contributed by atoms with E-state index in [1.54, 1.807) is 17.0 Å². The van der Waals surface area contributed by atoms with Crippen LogP contribution in [-0.2, 0) is 14.3 Å². The molecule has 0 spiro atoms. The van der Waals surface area contributed by atoms with Gasteiger partial charge in [-0.2, -0.15) is 0 Å².